The van der Waals surface area contributed by atoms with Crippen molar-refractivity contribution in [1.29, 1.82) is 0 Å². The highest BCUT2D eigenvalue weighted by Crippen LogP contribution is 2.52. The van der Waals surface area contributed by atoms with Crippen molar-refractivity contribution in [3.05, 3.63) is 0 Å². The van der Waals surface area contributed by atoms with E-state index in [1.807, 2.05) is 6.92 Å². The quantitative estimate of drug-likeness (QED) is 0.211. The van der Waals surface area contributed by atoms with Gasteiger partial charge < -0.3 is 18.9 Å². The Bertz CT molecular complexity index is 436. The van der Waals surface area contributed by atoms with Gasteiger partial charge in [-0.05, 0) is 30.2 Å². The molecule has 1 aliphatic rings. The van der Waals surface area contributed by atoms with Gasteiger partial charge in [-0.2, -0.15) is 0 Å². The van der Waals surface area contributed by atoms with E-state index in [4.69, 9.17) is 23.5 Å². The van der Waals surface area contributed by atoms with E-state index in [1.165, 1.54) is 0 Å². The molecule has 172 valence electrons. The van der Waals surface area contributed by atoms with Gasteiger partial charge in [0.15, 0.2) is 12.2 Å². The van der Waals surface area contributed by atoms with Gasteiger partial charge in [0, 0.05) is 26.7 Å². The Balaban J connectivity index is 2.99. The fourth-order valence-corrected chi connectivity index (χ4v) is 4.44. The summed E-state index contributed by atoms with van der Waals surface area (Å²) in [5, 5.41) is -1.02. The summed E-state index contributed by atoms with van der Waals surface area (Å²) in [6, 6.07) is 0. The van der Waals surface area contributed by atoms with Crippen molar-refractivity contribution in [3.8, 4) is 0 Å². The maximum absolute atomic E-state index is 13.1. The van der Waals surface area contributed by atoms with E-state index >= 15 is 0 Å². The van der Waals surface area contributed by atoms with Gasteiger partial charge in [-0.1, -0.05) is 53.4 Å². The van der Waals surface area contributed by atoms with Crippen LogP contribution in [0.2, 0.25) is 0 Å². The van der Waals surface area contributed by atoms with Crippen molar-refractivity contribution >= 4 is 8.03 Å². The number of unbranched alkanes of at least 4 members (excludes halogenated alkanes) is 4. The van der Waals surface area contributed by atoms with Crippen LogP contribution in [0.3, 0.4) is 0 Å². The van der Waals surface area contributed by atoms with Crippen molar-refractivity contribution in [2.45, 2.75) is 110 Å². The minimum absolute atomic E-state index is 0.358. The lowest BCUT2D eigenvalue weighted by Crippen LogP contribution is -2.59. The molecule has 0 aromatic rings. The van der Waals surface area contributed by atoms with Crippen LogP contribution in [0.1, 0.15) is 86.0 Å². The van der Waals surface area contributed by atoms with Crippen molar-refractivity contribution < 1.29 is 28.0 Å². The first-order valence-corrected chi connectivity index (χ1v) is 12.8. The zero-order valence-corrected chi connectivity index (χ0v) is 20.2. The Kier molecular flexibility index (Phi) is 14.5. The zero-order chi connectivity index (χ0) is 21.5. The molecule has 1 rings (SSSR count). The Hall–Kier alpha value is -0.100. The molecular formula is C22H44O6P+. The Morgan fingerprint density at radius 1 is 0.828 bits per heavy atom. The van der Waals surface area contributed by atoms with Crippen molar-refractivity contribution in [1.82, 2.24) is 0 Å². The third-order valence-corrected chi connectivity index (χ3v) is 6.78. The van der Waals surface area contributed by atoms with Crippen molar-refractivity contribution in [2.75, 3.05) is 33.0 Å². The molecule has 0 aromatic carbocycles. The van der Waals surface area contributed by atoms with Gasteiger partial charge in [0.25, 0.3) is 0 Å². The second kappa shape index (κ2) is 15.7. The highest BCUT2D eigenvalue weighted by atomic mass is 31.1. The predicted molar refractivity (Wildman–Crippen MR) is 117 cm³/mol. The van der Waals surface area contributed by atoms with Gasteiger partial charge in [-0.15, -0.1) is 4.52 Å². The van der Waals surface area contributed by atoms with E-state index in [0.29, 0.717) is 33.0 Å². The molecule has 0 bridgehead atoms. The molecule has 0 amide bonds. The Morgan fingerprint density at radius 3 is 2.00 bits per heavy atom. The van der Waals surface area contributed by atoms with E-state index in [0.717, 1.165) is 51.4 Å². The third kappa shape index (κ3) is 8.88. The average molecular weight is 436 g/mol. The van der Waals surface area contributed by atoms with Gasteiger partial charge in [0.1, 0.15) is 6.10 Å². The van der Waals surface area contributed by atoms with E-state index in [1.54, 1.807) is 0 Å². The maximum Gasteiger partial charge on any atom is 0.546 e. The van der Waals surface area contributed by atoms with Gasteiger partial charge in [0.2, 0.25) is 0 Å². The fraction of sp³-hybridized carbons (Fsp3) is 1.00. The molecular weight excluding hydrogens is 391 g/mol. The van der Waals surface area contributed by atoms with Crippen LogP contribution in [0.15, 0.2) is 0 Å². The van der Waals surface area contributed by atoms with E-state index in [9.17, 15) is 4.57 Å². The van der Waals surface area contributed by atoms with Crippen LogP contribution in [0.4, 0.5) is 0 Å². The largest absolute Gasteiger partial charge is 0.546 e. The molecule has 1 saturated heterocycles. The maximum atomic E-state index is 13.1. The van der Waals surface area contributed by atoms with E-state index in [2.05, 4.69) is 27.7 Å². The van der Waals surface area contributed by atoms with Crippen LogP contribution in [0.25, 0.3) is 0 Å². The molecule has 0 N–H and O–H groups in total. The topological polar surface area (TPSA) is 63.2 Å². The summed E-state index contributed by atoms with van der Waals surface area (Å²) in [6.45, 7) is 13.1. The molecule has 0 aliphatic carbocycles. The Labute approximate surface area is 179 Å². The molecule has 5 atom stereocenters. The molecule has 0 aromatic heterocycles. The molecule has 2 unspecified atom stereocenters. The highest BCUT2D eigenvalue weighted by molar-refractivity contribution is 7.41. The lowest BCUT2D eigenvalue weighted by molar-refractivity contribution is -0.200. The number of hydrogen-bond donors (Lipinski definition) is 0. The summed E-state index contributed by atoms with van der Waals surface area (Å²) in [7, 11) is -2.08. The predicted octanol–water partition coefficient (Wildman–Crippen LogP) is 5.85. The standard InChI is InChI=1S/C22H44O6P/c1-6-10-14-24-18-19-20(25-15-11-7-2)21(26-16-12-8-3)22(5,29(23)28-19)27-17-13-9-4/h19-21H,6-18H2,1-5H3/q+1/t19-,20-,21+,22?/m1/s1. The van der Waals surface area contributed by atoms with Crippen LogP contribution >= 0.6 is 8.03 Å². The Morgan fingerprint density at radius 2 is 1.38 bits per heavy atom. The van der Waals surface area contributed by atoms with Crippen LogP contribution in [0.5, 0.6) is 0 Å². The molecule has 1 heterocycles. The second-order valence-corrected chi connectivity index (χ2v) is 9.53. The normalized spacial score (nSPS) is 28.7. The third-order valence-electron chi connectivity index (χ3n) is 5.21. The van der Waals surface area contributed by atoms with Crippen molar-refractivity contribution in [3.63, 3.8) is 0 Å². The SMILES string of the molecule is CCCCOC[C@H]1O[P+](=O)C(C)(OCCCC)[C@@H](OCCCC)[C@@H]1OCCCC. The number of hydrogen-bond acceptors (Lipinski definition) is 6. The molecule has 6 nitrogen and oxygen atoms in total. The average Bonchev–Trinajstić information content (AvgIpc) is 2.71. The van der Waals surface area contributed by atoms with Gasteiger partial charge >= 0.3 is 13.4 Å². The molecule has 0 radical (unpaired) electrons. The first kappa shape index (κ1) is 26.9. The van der Waals surface area contributed by atoms with Crippen molar-refractivity contribution in [2.24, 2.45) is 0 Å². The zero-order valence-electron chi connectivity index (χ0n) is 19.3. The van der Waals surface area contributed by atoms with E-state index in [-0.39, 0.29) is 6.10 Å². The van der Waals surface area contributed by atoms with Crippen LogP contribution in [-0.4, -0.2) is 56.7 Å². The smallest absolute Gasteiger partial charge is 0.378 e. The van der Waals surface area contributed by atoms with Gasteiger partial charge in [0.05, 0.1) is 13.2 Å². The summed E-state index contributed by atoms with van der Waals surface area (Å²) in [4.78, 5) is 0. The summed E-state index contributed by atoms with van der Waals surface area (Å²) < 4.78 is 43.6. The minimum atomic E-state index is -2.08. The number of ether oxygens (including phenoxy) is 4. The highest BCUT2D eigenvalue weighted by Gasteiger charge is 2.65. The monoisotopic (exact) mass is 435 g/mol. The molecule has 0 spiro atoms. The summed E-state index contributed by atoms with van der Waals surface area (Å²) >= 11 is 0. The summed E-state index contributed by atoms with van der Waals surface area (Å²) in [6.07, 6.45) is 6.75. The molecule has 0 saturated carbocycles. The first-order chi connectivity index (χ1) is 14.0. The molecule has 29 heavy (non-hydrogen) atoms. The second-order valence-electron chi connectivity index (χ2n) is 7.92. The van der Waals surface area contributed by atoms with Crippen LogP contribution in [0, 0.1) is 0 Å². The molecule has 1 aliphatic heterocycles. The number of rotatable bonds is 17. The fourth-order valence-electron chi connectivity index (χ4n) is 3.18. The summed E-state index contributed by atoms with van der Waals surface area (Å²) in [5.41, 5.74) is 0. The first-order valence-electron chi connectivity index (χ1n) is 11.6. The van der Waals surface area contributed by atoms with Gasteiger partial charge in [-0.3, -0.25) is 0 Å². The van der Waals surface area contributed by atoms with Crippen LogP contribution in [-0.2, 0) is 28.0 Å². The van der Waals surface area contributed by atoms with Crippen LogP contribution < -0.4 is 0 Å². The molecule has 1 fully saturated rings. The minimum Gasteiger partial charge on any atom is -0.378 e. The van der Waals surface area contributed by atoms with Gasteiger partial charge in [-0.25, -0.2) is 0 Å². The molecule has 7 heteroatoms. The lowest BCUT2D eigenvalue weighted by atomic mass is 10.0. The van der Waals surface area contributed by atoms with E-state index < -0.39 is 25.6 Å². The summed E-state index contributed by atoms with van der Waals surface area (Å²) in [5.74, 6) is 0. The lowest BCUT2D eigenvalue weighted by Gasteiger charge is -2.39.